The molecule has 0 bridgehead atoms. The number of ether oxygens (including phenoxy) is 1. The van der Waals surface area contributed by atoms with Crippen molar-refractivity contribution in [2.24, 2.45) is 5.92 Å². The third-order valence-electron chi connectivity index (χ3n) is 5.92. The molecule has 8 heteroatoms. The standard InChI is InChI=1S/C22H26N2O6/c1-2-29-21(27)14-7-10-23(11-8-14)13-19(26)24-9-3-4-16-17-12-15(25)5-6-18(17)30-22(28)20(16)24/h5-6,12,14,25H,2-4,7-11,13H2,1H3. The van der Waals surface area contributed by atoms with Gasteiger partial charge in [-0.3, -0.25) is 14.5 Å². The molecule has 0 aliphatic carbocycles. The van der Waals surface area contributed by atoms with Gasteiger partial charge >= 0.3 is 11.6 Å². The minimum Gasteiger partial charge on any atom is -0.508 e. The lowest BCUT2D eigenvalue weighted by Gasteiger charge is -2.33. The van der Waals surface area contributed by atoms with E-state index in [2.05, 4.69) is 0 Å². The van der Waals surface area contributed by atoms with E-state index in [0.717, 1.165) is 12.0 Å². The van der Waals surface area contributed by atoms with Gasteiger partial charge in [-0.15, -0.1) is 0 Å². The smallest absolute Gasteiger partial charge is 0.360 e. The normalized spacial score (nSPS) is 17.7. The quantitative estimate of drug-likeness (QED) is 0.604. The van der Waals surface area contributed by atoms with Crippen LogP contribution in [0, 0.1) is 5.92 Å². The van der Waals surface area contributed by atoms with Gasteiger partial charge in [0.2, 0.25) is 5.91 Å². The van der Waals surface area contributed by atoms with Crippen LogP contribution < -0.4 is 10.5 Å². The molecule has 2 aliphatic rings. The van der Waals surface area contributed by atoms with Crippen LogP contribution in [0.2, 0.25) is 0 Å². The third kappa shape index (κ3) is 3.92. The van der Waals surface area contributed by atoms with Crippen LogP contribution in [0.4, 0.5) is 5.69 Å². The molecule has 1 fully saturated rings. The molecule has 1 saturated heterocycles. The Morgan fingerprint density at radius 1 is 1.23 bits per heavy atom. The number of rotatable bonds is 4. The first-order valence-electron chi connectivity index (χ1n) is 10.5. The molecule has 30 heavy (non-hydrogen) atoms. The van der Waals surface area contributed by atoms with E-state index in [1.165, 1.54) is 11.0 Å². The summed E-state index contributed by atoms with van der Waals surface area (Å²) in [5, 5.41) is 10.5. The second-order valence-electron chi connectivity index (χ2n) is 7.85. The van der Waals surface area contributed by atoms with Crippen LogP contribution in [0.1, 0.15) is 31.7 Å². The number of phenols is 1. The van der Waals surface area contributed by atoms with Gasteiger partial charge in [-0.05, 0) is 69.5 Å². The summed E-state index contributed by atoms with van der Waals surface area (Å²) >= 11 is 0. The molecule has 0 atom stereocenters. The summed E-state index contributed by atoms with van der Waals surface area (Å²) in [5.74, 6) is -0.344. The van der Waals surface area contributed by atoms with Crippen LogP contribution in [-0.4, -0.2) is 54.7 Å². The fourth-order valence-corrected chi connectivity index (χ4v) is 4.41. The molecule has 0 radical (unpaired) electrons. The number of piperidine rings is 1. The Hall–Kier alpha value is -2.87. The van der Waals surface area contributed by atoms with Crippen LogP contribution in [0.15, 0.2) is 27.4 Å². The number of hydrogen-bond donors (Lipinski definition) is 1. The van der Waals surface area contributed by atoms with E-state index in [9.17, 15) is 19.5 Å². The van der Waals surface area contributed by atoms with Gasteiger partial charge in [-0.1, -0.05) is 0 Å². The van der Waals surface area contributed by atoms with E-state index in [4.69, 9.17) is 9.15 Å². The van der Waals surface area contributed by atoms with E-state index in [0.29, 0.717) is 56.5 Å². The molecular formula is C22H26N2O6. The average Bonchev–Trinajstić information content (AvgIpc) is 2.74. The number of carbonyl (C=O) groups is 2. The Morgan fingerprint density at radius 2 is 2.00 bits per heavy atom. The summed E-state index contributed by atoms with van der Waals surface area (Å²) in [6, 6.07) is 4.62. The van der Waals surface area contributed by atoms with Crippen molar-refractivity contribution in [1.82, 2.24) is 4.90 Å². The number of phenolic OH excluding ortho intramolecular Hbond substituents is 1. The molecule has 2 aromatic rings. The van der Waals surface area contributed by atoms with Gasteiger partial charge in [-0.2, -0.15) is 0 Å². The van der Waals surface area contributed by atoms with Crippen LogP contribution in [0.25, 0.3) is 11.0 Å². The number of esters is 1. The summed E-state index contributed by atoms with van der Waals surface area (Å²) in [6.45, 7) is 4.09. The second kappa shape index (κ2) is 8.47. The molecule has 0 spiro atoms. The first kappa shape index (κ1) is 20.4. The maximum atomic E-state index is 13.1. The van der Waals surface area contributed by atoms with E-state index in [1.54, 1.807) is 19.1 Å². The predicted molar refractivity (Wildman–Crippen MR) is 111 cm³/mol. The van der Waals surface area contributed by atoms with Gasteiger partial charge in [0.15, 0.2) is 0 Å². The molecule has 0 saturated carbocycles. The van der Waals surface area contributed by atoms with Crippen LogP contribution >= 0.6 is 0 Å². The number of carbonyl (C=O) groups excluding carboxylic acids is 2. The maximum Gasteiger partial charge on any atom is 0.360 e. The number of nitrogens with zero attached hydrogens (tertiary/aromatic N) is 2. The molecular weight excluding hydrogens is 388 g/mol. The van der Waals surface area contributed by atoms with Gasteiger partial charge in [0, 0.05) is 11.9 Å². The van der Waals surface area contributed by atoms with E-state index < -0.39 is 5.63 Å². The molecule has 2 aliphatic heterocycles. The first-order valence-corrected chi connectivity index (χ1v) is 10.5. The van der Waals surface area contributed by atoms with Crippen molar-refractivity contribution in [3.63, 3.8) is 0 Å². The number of likely N-dealkylation sites (tertiary alicyclic amines) is 1. The Labute approximate surface area is 174 Å². The summed E-state index contributed by atoms with van der Waals surface area (Å²) in [6.07, 6.45) is 2.71. The van der Waals surface area contributed by atoms with Crippen molar-refractivity contribution in [2.75, 3.05) is 37.7 Å². The average molecular weight is 414 g/mol. The third-order valence-corrected chi connectivity index (χ3v) is 5.92. The van der Waals surface area contributed by atoms with E-state index in [1.807, 2.05) is 4.90 Å². The van der Waals surface area contributed by atoms with Crippen LogP contribution in [0.5, 0.6) is 5.75 Å². The maximum absolute atomic E-state index is 13.1. The number of fused-ring (bicyclic) bond motifs is 3. The van der Waals surface area contributed by atoms with E-state index in [-0.39, 0.29) is 35.8 Å². The minimum atomic E-state index is -0.530. The number of anilines is 1. The lowest BCUT2D eigenvalue weighted by molar-refractivity contribution is -0.149. The first-order chi connectivity index (χ1) is 14.5. The lowest BCUT2D eigenvalue weighted by atomic mass is 9.96. The van der Waals surface area contributed by atoms with Crippen molar-refractivity contribution in [3.8, 4) is 5.75 Å². The Morgan fingerprint density at radius 3 is 2.73 bits per heavy atom. The summed E-state index contributed by atoms with van der Waals surface area (Å²) in [7, 11) is 0. The number of amides is 1. The Kier molecular flexibility index (Phi) is 5.76. The highest BCUT2D eigenvalue weighted by molar-refractivity contribution is 5.98. The van der Waals surface area contributed by atoms with Gasteiger partial charge in [0.25, 0.3) is 0 Å². The Bertz CT molecular complexity index is 1020. The second-order valence-corrected chi connectivity index (χ2v) is 7.85. The van der Waals surface area contributed by atoms with Crippen molar-refractivity contribution in [1.29, 1.82) is 0 Å². The lowest BCUT2D eigenvalue weighted by Crippen LogP contribution is -2.47. The fourth-order valence-electron chi connectivity index (χ4n) is 4.41. The number of hydrogen-bond acceptors (Lipinski definition) is 7. The zero-order valence-corrected chi connectivity index (χ0v) is 17.1. The van der Waals surface area contributed by atoms with Gasteiger partial charge in [-0.25, -0.2) is 4.79 Å². The van der Waals surface area contributed by atoms with E-state index >= 15 is 0 Å². The molecule has 160 valence electrons. The molecule has 1 amide bonds. The molecule has 1 aromatic carbocycles. The van der Waals surface area contributed by atoms with Gasteiger partial charge in [0.05, 0.1) is 19.1 Å². The number of aryl methyl sites for hydroxylation is 1. The highest BCUT2D eigenvalue weighted by atomic mass is 16.5. The summed E-state index contributed by atoms with van der Waals surface area (Å²) in [4.78, 5) is 41.2. The largest absolute Gasteiger partial charge is 0.508 e. The van der Waals surface area contributed by atoms with Crippen molar-refractivity contribution < 1.29 is 23.8 Å². The summed E-state index contributed by atoms with van der Waals surface area (Å²) < 4.78 is 10.5. The van der Waals surface area contributed by atoms with Crippen molar-refractivity contribution in [2.45, 2.75) is 32.6 Å². The highest BCUT2D eigenvalue weighted by Gasteiger charge is 2.31. The highest BCUT2D eigenvalue weighted by Crippen LogP contribution is 2.32. The number of benzene rings is 1. The molecule has 0 unspecified atom stereocenters. The summed E-state index contributed by atoms with van der Waals surface area (Å²) in [5.41, 5.74) is 0.910. The monoisotopic (exact) mass is 414 g/mol. The molecule has 4 rings (SSSR count). The zero-order valence-electron chi connectivity index (χ0n) is 17.1. The topological polar surface area (TPSA) is 100 Å². The van der Waals surface area contributed by atoms with Crippen molar-refractivity contribution >= 4 is 28.5 Å². The fraction of sp³-hybridized carbons (Fsp3) is 0.500. The molecule has 1 N–H and O–H groups in total. The van der Waals surface area contributed by atoms with Gasteiger partial charge < -0.3 is 19.2 Å². The Balaban J connectivity index is 1.51. The minimum absolute atomic E-state index is 0.0893. The molecule has 3 heterocycles. The van der Waals surface area contributed by atoms with Crippen LogP contribution in [-0.2, 0) is 20.7 Å². The molecule has 8 nitrogen and oxygen atoms in total. The number of aromatic hydroxyl groups is 1. The molecule has 1 aromatic heterocycles. The van der Waals surface area contributed by atoms with Crippen molar-refractivity contribution in [3.05, 3.63) is 34.2 Å². The predicted octanol–water partition coefficient (Wildman–Crippen LogP) is 2.05. The van der Waals surface area contributed by atoms with Gasteiger partial charge in [0.1, 0.15) is 17.0 Å². The van der Waals surface area contributed by atoms with Crippen LogP contribution in [0.3, 0.4) is 0 Å². The zero-order chi connectivity index (χ0) is 21.3. The SMILES string of the molecule is CCOC(=O)C1CCN(CC(=O)N2CCCc3c2c(=O)oc2ccc(O)cc32)CC1.